The van der Waals surface area contributed by atoms with Crippen LogP contribution in [0.4, 0.5) is 5.69 Å². The van der Waals surface area contributed by atoms with E-state index in [1.165, 1.54) is 7.11 Å². The van der Waals surface area contributed by atoms with Crippen LogP contribution in [0.5, 0.6) is 11.5 Å². The lowest BCUT2D eigenvalue weighted by molar-refractivity contribution is -0.385. The molecule has 0 unspecified atom stereocenters. The lowest BCUT2D eigenvalue weighted by Gasteiger charge is -2.07. The normalized spacial score (nSPS) is 9.76. The van der Waals surface area contributed by atoms with Crippen LogP contribution in [-0.4, -0.2) is 29.7 Å². The smallest absolute Gasteiger partial charge is 0.342 e. The van der Waals surface area contributed by atoms with Gasteiger partial charge in [0.05, 0.1) is 18.6 Å². The Balaban J connectivity index is 3.29. The van der Waals surface area contributed by atoms with Crippen molar-refractivity contribution in [2.24, 2.45) is 0 Å². The Bertz CT molecular complexity index is 456. The SMILES string of the molecule is CCOC(=O)c1cc([N+](=O)[O-])c(OC)cc1O. The second kappa shape index (κ2) is 5.15. The zero-order valence-electron chi connectivity index (χ0n) is 9.30. The molecule has 0 atom stereocenters. The van der Waals surface area contributed by atoms with Crippen LogP contribution in [0.25, 0.3) is 0 Å². The highest BCUT2D eigenvalue weighted by Gasteiger charge is 2.23. The topological polar surface area (TPSA) is 98.9 Å². The van der Waals surface area contributed by atoms with E-state index >= 15 is 0 Å². The summed E-state index contributed by atoms with van der Waals surface area (Å²) in [7, 11) is 1.23. The molecule has 7 nitrogen and oxygen atoms in total. The number of methoxy groups -OCH3 is 1. The van der Waals surface area contributed by atoms with E-state index in [0.717, 1.165) is 12.1 Å². The molecule has 0 radical (unpaired) electrons. The number of phenols is 1. The minimum atomic E-state index is -0.823. The molecule has 1 rings (SSSR count). The molecule has 0 aliphatic rings. The molecular formula is C10H11NO6. The van der Waals surface area contributed by atoms with Crippen molar-refractivity contribution in [3.63, 3.8) is 0 Å². The largest absolute Gasteiger partial charge is 0.507 e. The van der Waals surface area contributed by atoms with Crippen LogP contribution < -0.4 is 4.74 Å². The van der Waals surface area contributed by atoms with Crippen molar-refractivity contribution in [1.82, 2.24) is 0 Å². The number of hydrogen-bond donors (Lipinski definition) is 1. The Morgan fingerprint density at radius 1 is 1.53 bits per heavy atom. The summed E-state index contributed by atoms with van der Waals surface area (Å²) in [6, 6.07) is 1.93. The van der Waals surface area contributed by atoms with Gasteiger partial charge in [-0.25, -0.2) is 4.79 Å². The van der Waals surface area contributed by atoms with E-state index < -0.39 is 22.3 Å². The molecule has 17 heavy (non-hydrogen) atoms. The second-order valence-corrected chi connectivity index (χ2v) is 3.02. The van der Waals surface area contributed by atoms with Crippen molar-refractivity contribution < 1.29 is 24.3 Å². The van der Waals surface area contributed by atoms with Crippen molar-refractivity contribution >= 4 is 11.7 Å². The number of hydrogen-bond acceptors (Lipinski definition) is 6. The maximum atomic E-state index is 11.4. The summed E-state index contributed by atoms with van der Waals surface area (Å²) in [5, 5.41) is 20.2. The fraction of sp³-hybridized carbons (Fsp3) is 0.300. The van der Waals surface area contributed by atoms with E-state index in [1.807, 2.05) is 0 Å². The molecule has 0 fully saturated rings. The van der Waals surface area contributed by atoms with Crippen molar-refractivity contribution in [3.8, 4) is 11.5 Å². The number of nitrogens with zero attached hydrogens (tertiary/aromatic N) is 1. The Kier molecular flexibility index (Phi) is 3.86. The molecule has 1 aromatic rings. The van der Waals surface area contributed by atoms with E-state index in [2.05, 4.69) is 4.74 Å². The molecule has 0 amide bonds. The average molecular weight is 241 g/mol. The van der Waals surface area contributed by atoms with Gasteiger partial charge in [-0.3, -0.25) is 10.1 Å². The number of esters is 1. The average Bonchev–Trinajstić information content (AvgIpc) is 2.28. The van der Waals surface area contributed by atoms with Crippen LogP contribution in [0.3, 0.4) is 0 Å². The second-order valence-electron chi connectivity index (χ2n) is 3.02. The molecule has 7 heteroatoms. The van der Waals surface area contributed by atoms with Crippen molar-refractivity contribution in [2.45, 2.75) is 6.92 Å². The van der Waals surface area contributed by atoms with Gasteiger partial charge in [0.1, 0.15) is 11.3 Å². The number of carbonyl (C=O) groups excluding carboxylic acids is 1. The van der Waals surface area contributed by atoms with Crippen molar-refractivity contribution in [2.75, 3.05) is 13.7 Å². The summed E-state index contributed by atoms with van der Waals surface area (Å²) in [5.74, 6) is -1.37. The number of carbonyl (C=O) groups is 1. The Hall–Kier alpha value is -2.31. The highest BCUT2D eigenvalue weighted by molar-refractivity contribution is 5.93. The molecule has 0 aromatic heterocycles. The van der Waals surface area contributed by atoms with Gasteiger partial charge in [-0.05, 0) is 6.92 Å². The zero-order chi connectivity index (χ0) is 13.0. The lowest BCUT2D eigenvalue weighted by atomic mass is 10.1. The number of phenolic OH excluding ortho intramolecular Hbond substituents is 1. The Morgan fingerprint density at radius 3 is 2.65 bits per heavy atom. The first-order valence-electron chi connectivity index (χ1n) is 4.73. The molecule has 92 valence electrons. The monoisotopic (exact) mass is 241 g/mol. The standard InChI is InChI=1S/C10H11NO6/c1-3-17-10(13)6-4-7(11(14)15)9(16-2)5-8(6)12/h4-5,12H,3H2,1-2H3. The summed E-state index contributed by atoms with van der Waals surface area (Å²) in [4.78, 5) is 21.4. The van der Waals surface area contributed by atoms with Crippen LogP contribution in [-0.2, 0) is 4.74 Å². The van der Waals surface area contributed by atoms with E-state index in [1.54, 1.807) is 6.92 Å². The number of aromatic hydroxyl groups is 1. The molecule has 1 aromatic carbocycles. The van der Waals surface area contributed by atoms with E-state index in [-0.39, 0.29) is 17.9 Å². The molecule has 0 bridgehead atoms. The van der Waals surface area contributed by atoms with Gasteiger partial charge in [0.2, 0.25) is 5.75 Å². The van der Waals surface area contributed by atoms with Crippen molar-refractivity contribution in [1.29, 1.82) is 0 Å². The number of rotatable bonds is 4. The van der Waals surface area contributed by atoms with Gasteiger partial charge in [0, 0.05) is 12.1 Å². The number of nitro groups is 1. The summed E-state index contributed by atoms with van der Waals surface area (Å²) in [6.07, 6.45) is 0. The predicted molar refractivity (Wildman–Crippen MR) is 57.3 cm³/mol. The first-order chi connectivity index (χ1) is 8.01. The summed E-state index contributed by atoms with van der Waals surface area (Å²) in [6.45, 7) is 1.70. The fourth-order valence-corrected chi connectivity index (χ4v) is 1.24. The third-order valence-electron chi connectivity index (χ3n) is 1.99. The van der Waals surface area contributed by atoms with Gasteiger partial charge in [0.15, 0.2) is 0 Å². The highest BCUT2D eigenvalue weighted by atomic mass is 16.6. The lowest BCUT2D eigenvalue weighted by Crippen LogP contribution is -2.06. The van der Waals surface area contributed by atoms with E-state index in [9.17, 15) is 20.0 Å². The Labute approximate surface area is 96.7 Å². The van der Waals surface area contributed by atoms with Crippen LogP contribution in [0.2, 0.25) is 0 Å². The minimum absolute atomic E-state index is 0.109. The summed E-state index contributed by atoms with van der Waals surface area (Å²) >= 11 is 0. The molecule has 1 N–H and O–H groups in total. The number of benzene rings is 1. The van der Waals surface area contributed by atoms with Crippen LogP contribution >= 0.6 is 0 Å². The third-order valence-corrected chi connectivity index (χ3v) is 1.99. The van der Waals surface area contributed by atoms with Crippen LogP contribution in [0.15, 0.2) is 12.1 Å². The molecule has 0 aliphatic carbocycles. The summed E-state index contributed by atoms with van der Waals surface area (Å²) in [5.41, 5.74) is -0.673. The predicted octanol–water partition coefficient (Wildman–Crippen LogP) is 1.49. The molecule has 0 saturated carbocycles. The maximum absolute atomic E-state index is 11.4. The molecule has 0 saturated heterocycles. The highest BCUT2D eigenvalue weighted by Crippen LogP contribution is 2.34. The quantitative estimate of drug-likeness (QED) is 0.487. The van der Waals surface area contributed by atoms with Gasteiger partial charge < -0.3 is 14.6 Å². The van der Waals surface area contributed by atoms with Crippen molar-refractivity contribution in [3.05, 3.63) is 27.8 Å². The number of ether oxygens (including phenoxy) is 2. The molecule has 0 aliphatic heterocycles. The first-order valence-corrected chi connectivity index (χ1v) is 4.73. The third kappa shape index (κ3) is 2.63. The molecular weight excluding hydrogens is 230 g/mol. The van der Waals surface area contributed by atoms with Crippen LogP contribution in [0.1, 0.15) is 17.3 Å². The fourth-order valence-electron chi connectivity index (χ4n) is 1.24. The van der Waals surface area contributed by atoms with Gasteiger partial charge in [-0.1, -0.05) is 0 Å². The van der Waals surface area contributed by atoms with E-state index in [4.69, 9.17) is 4.74 Å². The molecule has 0 heterocycles. The van der Waals surface area contributed by atoms with Gasteiger partial charge in [-0.2, -0.15) is 0 Å². The minimum Gasteiger partial charge on any atom is -0.507 e. The van der Waals surface area contributed by atoms with E-state index in [0.29, 0.717) is 0 Å². The first kappa shape index (κ1) is 12.8. The maximum Gasteiger partial charge on any atom is 0.342 e. The van der Waals surface area contributed by atoms with Gasteiger partial charge >= 0.3 is 11.7 Å². The molecule has 0 spiro atoms. The zero-order valence-corrected chi connectivity index (χ0v) is 9.30. The summed E-state index contributed by atoms with van der Waals surface area (Å²) < 4.78 is 9.38. The Morgan fingerprint density at radius 2 is 2.18 bits per heavy atom. The van der Waals surface area contributed by atoms with Gasteiger partial charge in [0.25, 0.3) is 0 Å². The van der Waals surface area contributed by atoms with Crippen LogP contribution in [0, 0.1) is 10.1 Å². The van der Waals surface area contributed by atoms with Gasteiger partial charge in [-0.15, -0.1) is 0 Å². The number of nitro benzene ring substituents is 1.